The van der Waals surface area contributed by atoms with Gasteiger partial charge in [0.1, 0.15) is 0 Å². The zero-order valence-electron chi connectivity index (χ0n) is 9.84. The molecule has 2 rings (SSSR count). The molecular weight excluding hydrogens is 239 g/mol. The maximum Gasteiger partial charge on any atom is 0.305 e. The summed E-state index contributed by atoms with van der Waals surface area (Å²) >= 11 is 0. The fraction of sp³-hybridized carbons (Fsp3) is 0.500. The lowest BCUT2D eigenvalue weighted by Gasteiger charge is -2.11. The van der Waals surface area contributed by atoms with Gasteiger partial charge in [0.15, 0.2) is 0 Å². The monoisotopic (exact) mass is 254 g/mol. The van der Waals surface area contributed by atoms with Gasteiger partial charge in [-0.3, -0.25) is 10.1 Å². The molecule has 0 aliphatic heterocycles. The molecule has 0 amide bonds. The number of hydrogen-bond acceptors (Lipinski definition) is 4. The van der Waals surface area contributed by atoms with Gasteiger partial charge in [-0.05, 0) is 19.3 Å². The molecule has 1 aliphatic rings. The Balaban J connectivity index is 2.01. The van der Waals surface area contributed by atoms with E-state index in [-0.39, 0.29) is 24.3 Å². The molecule has 1 aromatic rings. The van der Waals surface area contributed by atoms with E-state index < -0.39 is 16.4 Å². The highest BCUT2D eigenvalue weighted by Crippen LogP contribution is 2.24. The zero-order valence-corrected chi connectivity index (χ0v) is 9.84. The first-order chi connectivity index (χ1) is 8.58. The highest BCUT2D eigenvalue weighted by atomic mass is 19.1. The molecule has 0 aromatic heterocycles. The van der Waals surface area contributed by atoms with E-state index in [1.807, 2.05) is 0 Å². The number of nitrogens with two attached hydrogens (primary N) is 1. The van der Waals surface area contributed by atoms with Crippen molar-refractivity contribution in [1.82, 2.24) is 0 Å². The normalized spacial score (nSPS) is 23.2. The quantitative estimate of drug-likeness (QED) is 0.659. The van der Waals surface area contributed by atoms with Gasteiger partial charge in [0.05, 0.1) is 17.6 Å². The highest BCUT2D eigenvalue weighted by Gasteiger charge is 2.23. The number of nitrogens with zero attached hydrogens (tertiary/aromatic N) is 1. The van der Waals surface area contributed by atoms with Crippen molar-refractivity contribution in [2.75, 3.05) is 0 Å². The Labute approximate surface area is 104 Å². The Kier molecular flexibility index (Phi) is 3.88. The van der Waals surface area contributed by atoms with Crippen LogP contribution in [0.1, 0.15) is 24.8 Å². The minimum Gasteiger partial charge on any atom is -0.373 e. The smallest absolute Gasteiger partial charge is 0.305 e. The van der Waals surface area contributed by atoms with Crippen LogP contribution in [0.2, 0.25) is 0 Å². The van der Waals surface area contributed by atoms with E-state index in [0.29, 0.717) is 0 Å². The molecule has 0 saturated heterocycles. The molecule has 0 radical (unpaired) electrons. The molecule has 98 valence electrons. The van der Waals surface area contributed by atoms with E-state index in [0.717, 1.165) is 25.3 Å². The van der Waals surface area contributed by atoms with Gasteiger partial charge >= 0.3 is 5.69 Å². The molecule has 0 spiro atoms. The molecule has 2 unspecified atom stereocenters. The summed E-state index contributed by atoms with van der Waals surface area (Å²) in [5.74, 6) is -0.815. The summed E-state index contributed by atoms with van der Waals surface area (Å²) in [7, 11) is 0. The number of nitro benzene ring substituents is 1. The van der Waals surface area contributed by atoms with Crippen molar-refractivity contribution in [3.8, 4) is 0 Å². The summed E-state index contributed by atoms with van der Waals surface area (Å²) in [4.78, 5) is 9.85. The molecule has 1 aliphatic carbocycles. The summed E-state index contributed by atoms with van der Waals surface area (Å²) in [6.45, 7) is 0.0465. The average molecular weight is 254 g/mol. The molecule has 2 atom stereocenters. The molecule has 1 aromatic carbocycles. The largest absolute Gasteiger partial charge is 0.373 e. The van der Waals surface area contributed by atoms with Gasteiger partial charge in [-0.2, -0.15) is 4.39 Å². The Bertz CT molecular complexity index is 453. The first-order valence-electron chi connectivity index (χ1n) is 5.87. The molecule has 0 bridgehead atoms. The van der Waals surface area contributed by atoms with E-state index in [2.05, 4.69) is 0 Å². The first-order valence-corrected chi connectivity index (χ1v) is 5.87. The van der Waals surface area contributed by atoms with Crippen molar-refractivity contribution in [3.05, 3.63) is 39.7 Å². The average Bonchev–Trinajstić information content (AvgIpc) is 2.73. The Morgan fingerprint density at radius 2 is 2.28 bits per heavy atom. The second kappa shape index (κ2) is 5.41. The first kappa shape index (κ1) is 12.9. The third-order valence-corrected chi connectivity index (χ3v) is 3.15. The number of benzene rings is 1. The van der Waals surface area contributed by atoms with Crippen LogP contribution >= 0.6 is 0 Å². The van der Waals surface area contributed by atoms with E-state index >= 15 is 0 Å². The minimum atomic E-state index is -0.815. The number of halogens is 1. The molecule has 6 heteroatoms. The summed E-state index contributed by atoms with van der Waals surface area (Å²) in [5.41, 5.74) is 5.44. The van der Waals surface area contributed by atoms with Gasteiger partial charge in [0.2, 0.25) is 5.82 Å². The molecular formula is C12H15FN2O3. The number of nitro groups is 1. The van der Waals surface area contributed by atoms with E-state index in [1.54, 1.807) is 0 Å². The van der Waals surface area contributed by atoms with Crippen LogP contribution in [0.5, 0.6) is 0 Å². The van der Waals surface area contributed by atoms with E-state index in [1.165, 1.54) is 12.1 Å². The van der Waals surface area contributed by atoms with Crippen molar-refractivity contribution >= 4 is 5.69 Å². The third kappa shape index (κ3) is 2.83. The Morgan fingerprint density at radius 1 is 1.50 bits per heavy atom. The van der Waals surface area contributed by atoms with Gasteiger partial charge in [-0.25, -0.2) is 0 Å². The lowest BCUT2D eigenvalue weighted by molar-refractivity contribution is -0.387. The maximum atomic E-state index is 13.7. The topological polar surface area (TPSA) is 78.4 Å². The van der Waals surface area contributed by atoms with E-state index in [4.69, 9.17) is 10.5 Å². The van der Waals surface area contributed by atoms with Gasteiger partial charge in [0, 0.05) is 17.7 Å². The van der Waals surface area contributed by atoms with Crippen LogP contribution in [0.25, 0.3) is 0 Å². The molecule has 5 nitrogen and oxygen atoms in total. The van der Waals surface area contributed by atoms with Crippen LogP contribution < -0.4 is 5.73 Å². The second-order valence-electron chi connectivity index (χ2n) is 4.51. The Hall–Kier alpha value is -1.53. The molecule has 1 saturated carbocycles. The molecule has 0 heterocycles. The summed E-state index contributed by atoms with van der Waals surface area (Å²) in [5, 5.41) is 10.6. The third-order valence-electron chi connectivity index (χ3n) is 3.15. The minimum absolute atomic E-state index is 0.0265. The predicted molar refractivity (Wildman–Crippen MR) is 63.5 cm³/mol. The lowest BCUT2D eigenvalue weighted by Crippen LogP contribution is -2.17. The second-order valence-corrected chi connectivity index (χ2v) is 4.51. The zero-order chi connectivity index (χ0) is 13.1. The van der Waals surface area contributed by atoms with E-state index in [9.17, 15) is 14.5 Å². The van der Waals surface area contributed by atoms with Crippen molar-refractivity contribution in [2.45, 2.75) is 38.0 Å². The van der Waals surface area contributed by atoms with Crippen molar-refractivity contribution in [1.29, 1.82) is 0 Å². The standard InChI is InChI=1S/C12H15FN2O3/c13-12-8(2-1-3-11(12)15(16)17)7-18-10-5-4-9(14)6-10/h1-3,9-10H,4-7,14H2. The maximum absolute atomic E-state index is 13.7. The van der Waals surface area contributed by atoms with Gasteiger partial charge in [-0.15, -0.1) is 0 Å². The van der Waals surface area contributed by atoms with Crippen LogP contribution in [0.4, 0.5) is 10.1 Å². The van der Waals surface area contributed by atoms with Crippen LogP contribution in [0.3, 0.4) is 0 Å². The Morgan fingerprint density at radius 3 is 2.89 bits per heavy atom. The summed E-state index contributed by atoms with van der Waals surface area (Å²) < 4.78 is 19.3. The van der Waals surface area contributed by atoms with Crippen molar-refractivity contribution < 1.29 is 14.1 Å². The molecule has 2 N–H and O–H groups in total. The van der Waals surface area contributed by atoms with Gasteiger partial charge < -0.3 is 10.5 Å². The van der Waals surface area contributed by atoms with Crippen molar-refractivity contribution in [3.63, 3.8) is 0 Å². The fourth-order valence-electron chi connectivity index (χ4n) is 2.15. The predicted octanol–water partition coefficient (Wildman–Crippen LogP) is 2.13. The van der Waals surface area contributed by atoms with Crippen LogP contribution in [-0.4, -0.2) is 17.1 Å². The number of ether oxygens (including phenoxy) is 1. The van der Waals surface area contributed by atoms with Crippen LogP contribution in [-0.2, 0) is 11.3 Å². The highest BCUT2D eigenvalue weighted by molar-refractivity contribution is 5.36. The van der Waals surface area contributed by atoms with Crippen molar-refractivity contribution in [2.24, 2.45) is 5.73 Å². The van der Waals surface area contributed by atoms with Crippen LogP contribution in [0.15, 0.2) is 18.2 Å². The van der Waals surface area contributed by atoms with Crippen LogP contribution in [0, 0.1) is 15.9 Å². The summed E-state index contributed by atoms with van der Waals surface area (Å²) in [6, 6.07) is 4.24. The SMILES string of the molecule is NC1CCC(OCc2cccc([N+](=O)[O-])c2F)C1. The van der Waals surface area contributed by atoms with Gasteiger partial charge in [-0.1, -0.05) is 12.1 Å². The molecule has 18 heavy (non-hydrogen) atoms. The number of hydrogen-bond donors (Lipinski definition) is 1. The van der Waals surface area contributed by atoms with Gasteiger partial charge in [0.25, 0.3) is 0 Å². The molecule has 1 fully saturated rings. The fourth-order valence-corrected chi connectivity index (χ4v) is 2.15. The number of rotatable bonds is 4. The summed E-state index contributed by atoms with van der Waals surface area (Å²) in [6.07, 6.45) is 2.55. The lowest BCUT2D eigenvalue weighted by atomic mass is 10.2.